The minimum absolute atomic E-state index is 0.174. The summed E-state index contributed by atoms with van der Waals surface area (Å²) in [6, 6.07) is 21.9. The summed E-state index contributed by atoms with van der Waals surface area (Å²) in [6.07, 6.45) is 0.549. The van der Waals surface area contributed by atoms with E-state index in [1.54, 1.807) is 11.0 Å². The van der Waals surface area contributed by atoms with Gasteiger partial charge in [-0.15, -0.1) is 0 Å². The highest BCUT2D eigenvalue weighted by Gasteiger charge is 2.43. The predicted octanol–water partition coefficient (Wildman–Crippen LogP) is 6.13. The number of aryl methyl sites for hydroxylation is 1. The number of hydrogen-bond acceptors (Lipinski definition) is 5. The van der Waals surface area contributed by atoms with Gasteiger partial charge in [0.15, 0.2) is 11.2 Å². The van der Waals surface area contributed by atoms with Crippen LogP contribution in [0.25, 0.3) is 0 Å². The molecule has 8 heteroatoms. The number of halogens is 1. The SMILES string of the molecule is CC[C@H](SC1=Nc2ccccc2C2=N[C@H](c3ccccc3)C(=O)N12)C(=O)Nc1ccc(C)c(Cl)c1. The first-order valence-electron chi connectivity index (χ1n) is 11.3. The van der Waals surface area contributed by atoms with Crippen LogP contribution in [0.15, 0.2) is 82.8 Å². The Balaban J connectivity index is 1.45. The number of amides is 2. The summed E-state index contributed by atoms with van der Waals surface area (Å²) in [7, 11) is 0. The van der Waals surface area contributed by atoms with Crippen molar-refractivity contribution in [1.82, 2.24) is 4.90 Å². The molecule has 1 N–H and O–H groups in total. The lowest BCUT2D eigenvalue weighted by atomic mass is 10.1. The molecule has 176 valence electrons. The molecule has 0 bridgehead atoms. The van der Waals surface area contributed by atoms with Gasteiger partial charge in [0.05, 0.1) is 10.9 Å². The number of amidine groups is 2. The maximum atomic E-state index is 13.6. The number of hydrogen-bond donors (Lipinski definition) is 1. The van der Waals surface area contributed by atoms with Crippen molar-refractivity contribution in [2.24, 2.45) is 9.98 Å². The lowest BCUT2D eigenvalue weighted by Gasteiger charge is -2.27. The van der Waals surface area contributed by atoms with Crippen LogP contribution in [0.5, 0.6) is 0 Å². The molecule has 5 rings (SSSR count). The molecule has 35 heavy (non-hydrogen) atoms. The fourth-order valence-electron chi connectivity index (χ4n) is 4.02. The van der Waals surface area contributed by atoms with Crippen LogP contribution in [0.1, 0.15) is 36.1 Å². The number of nitrogens with one attached hydrogen (secondary N) is 1. The Labute approximate surface area is 213 Å². The van der Waals surface area contributed by atoms with Crippen molar-refractivity contribution in [3.05, 3.63) is 94.5 Å². The second kappa shape index (κ2) is 9.68. The van der Waals surface area contributed by atoms with Crippen LogP contribution in [0.3, 0.4) is 0 Å². The van der Waals surface area contributed by atoms with Gasteiger partial charge in [-0.05, 0) is 48.7 Å². The highest BCUT2D eigenvalue weighted by molar-refractivity contribution is 8.15. The van der Waals surface area contributed by atoms with E-state index in [0.29, 0.717) is 28.1 Å². The highest BCUT2D eigenvalue weighted by atomic mass is 35.5. The van der Waals surface area contributed by atoms with Gasteiger partial charge in [0.1, 0.15) is 5.84 Å². The van der Waals surface area contributed by atoms with Gasteiger partial charge in [0.2, 0.25) is 5.91 Å². The summed E-state index contributed by atoms with van der Waals surface area (Å²) in [4.78, 5) is 37.8. The Morgan fingerprint density at radius 3 is 2.60 bits per heavy atom. The first-order valence-corrected chi connectivity index (χ1v) is 12.6. The molecule has 0 saturated carbocycles. The van der Waals surface area contributed by atoms with Crippen LogP contribution in [-0.4, -0.2) is 33.0 Å². The summed E-state index contributed by atoms with van der Waals surface area (Å²) < 4.78 is 0. The fraction of sp³-hybridized carbons (Fsp3) is 0.185. The number of benzene rings is 3. The Hall–Kier alpha value is -3.42. The molecule has 0 unspecified atom stereocenters. The smallest absolute Gasteiger partial charge is 0.263 e. The third-order valence-corrected chi connectivity index (χ3v) is 7.66. The number of rotatable bonds is 5. The molecule has 3 aromatic carbocycles. The number of fused-ring (bicyclic) bond motifs is 3. The van der Waals surface area contributed by atoms with Gasteiger partial charge in [0.25, 0.3) is 5.91 Å². The lowest BCUT2D eigenvalue weighted by Crippen LogP contribution is -2.41. The van der Waals surface area contributed by atoms with E-state index in [9.17, 15) is 9.59 Å². The first kappa shape index (κ1) is 23.3. The lowest BCUT2D eigenvalue weighted by molar-refractivity contribution is -0.124. The number of aliphatic imine (C=N–C) groups is 2. The molecular weight excluding hydrogens is 480 g/mol. The third-order valence-electron chi connectivity index (χ3n) is 5.94. The third kappa shape index (κ3) is 4.49. The topological polar surface area (TPSA) is 74.1 Å². The highest BCUT2D eigenvalue weighted by Crippen LogP contribution is 2.38. The van der Waals surface area contributed by atoms with Gasteiger partial charge >= 0.3 is 0 Å². The van der Waals surface area contributed by atoms with Crippen molar-refractivity contribution in [2.45, 2.75) is 31.6 Å². The quantitative estimate of drug-likeness (QED) is 0.456. The number of anilines is 1. The number of nitrogens with zero attached hydrogens (tertiary/aromatic N) is 3. The van der Waals surface area contributed by atoms with Crippen molar-refractivity contribution in [3.8, 4) is 0 Å². The maximum absolute atomic E-state index is 13.6. The summed E-state index contributed by atoms with van der Waals surface area (Å²) in [5.41, 5.74) is 3.92. The molecule has 3 aromatic rings. The van der Waals surface area contributed by atoms with Gasteiger partial charge in [-0.3, -0.25) is 9.59 Å². The van der Waals surface area contributed by atoms with E-state index in [0.717, 1.165) is 22.4 Å². The van der Waals surface area contributed by atoms with E-state index in [4.69, 9.17) is 21.6 Å². The molecule has 6 nitrogen and oxygen atoms in total. The molecule has 0 saturated heterocycles. The normalized spacial score (nSPS) is 17.3. The zero-order valence-electron chi connectivity index (χ0n) is 19.2. The van der Waals surface area contributed by atoms with Gasteiger partial charge in [-0.1, -0.05) is 78.8 Å². The van der Waals surface area contributed by atoms with Gasteiger partial charge in [-0.25, -0.2) is 14.9 Å². The predicted molar refractivity (Wildman–Crippen MR) is 143 cm³/mol. The molecule has 0 aromatic heterocycles. The summed E-state index contributed by atoms with van der Waals surface area (Å²) in [5, 5.41) is 3.52. The van der Waals surface area contributed by atoms with Crippen LogP contribution in [0.4, 0.5) is 11.4 Å². The average molecular weight is 503 g/mol. The minimum atomic E-state index is -0.647. The molecule has 2 aliphatic heterocycles. The monoisotopic (exact) mass is 502 g/mol. The van der Waals surface area contributed by atoms with E-state index in [1.165, 1.54) is 11.8 Å². The summed E-state index contributed by atoms with van der Waals surface area (Å²) in [6.45, 7) is 3.84. The fourth-order valence-corrected chi connectivity index (χ4v) is 5.22. The molecule has 0 radical (unpaired) electrons. The van der Waals surface area contributed by atoms with Crippen LogP contribution in [-0.2, 0) is 9.59 Å². The van der Waals surface area contributed by atoms with Crippen molar-refractivity contribution in [2.75, 3.05) is 5.32 Å². The molecule has 2 aliphatic rings. The van der Waals surface area contributed by atoms with E-state index in [-0.39, 0.29) is 11.8 Å². The molecule has 0 spiro atoms. The average Bonchev–Trinajstić information content (AvgIpc) is 3.23. The molecule has 2 amide bonds. The van der Waals surface area contributed by atoms with E-state index in [1.807, 2.05) is 80.6 Å². The largest absolute Gasteiger partial charge is 0.325 e. The van der Waals surface area contributed by atoms with Crippen LogP contribution in [0, 0.1) is 6.92 Å². The zero-order chi connectivity index (χ0) is 24.5. The van der Waals surface area contributed by atoms with Gasteiger partial charge in [-0.2, -0.15) is 0 Å². The molecule has 0 aliphatic carbocycles. The standard InChI is InChI=1S/C27H23ClN4O2S/c1-3-22(25(33)29-18-14-13-16(2)20(28)15-18)35-27-30-21-12-8-7-11-19(21)24-31-23(26(34)32(24)27)17-9-5-4-6-10-17/h4-15,22-23H,3H2,1-2H3,(H,29,33)/t22-,23+/m0/s1. The van der Waals surface area contributed by atoms with Gasteiger partial charge < -0.3 is 5.32 Å². The Kier molecular flexibility index (Phi) is 6.45. The zero-order valence-corrected chi connectivity index (χ0v) is 20.8. The van der Waals surface area contributed by atoms with E-state index in [2.05, 4.69) is 5.32 Å². The maximum Gasteiger partial charge on any atom is 0.263 e. The van der Waals surface area contributed by atoms with Crippen LogP contribution < -0.4 is 5.32 Å². The second-order valence-electron chi connectivity index (χ2n) is 8.32. The Morgan fingerprint density at radius 2 is 1.86 bits per heavy atom. The summed E-state index contributed by atoms with van der Waals surface area (Å²) >= 11 is 7.49. The van der Waals surface area contributed by atoms with Crippen LogP contribution in [0.2, 0.25) is 5.02 Å². The number of carbonyl (C=O) groups is 2. The van der Waals surface area contributed by atoms with Gasteiger partial charge in [0, 0.05) is 16.3 Å². The first-order chi connectivity index (χ1) is 17.0. The van der Waals surface area contributed by atoms with Crippen molar-refractivity contribution >= 4 is 57.6 Å². The molecular formula is C27H23ClN4O2S. The number of carbonyl (C=O) groups excluding carboxylic acids is 2. The second-order valence-corrected chi connectivity index (χ2v) is 9.90. The van der Waals surface area contributed by atoms with Crippen molar-refractivity contribution in [3.63, 3.8) is 0 Å². The van der Waals surface area contributed by atoms with Crippen LogP contribution >= 0.6 is 23.4 Å². The van der Waals surface area contributed by atoms with Crippen molar-refractivity contribution < 1.29 is 9.59 Å². The molecule has 2 heterocycles. The minimum Gasteiger partial charge on any atom is -0.325 e. The number of para-hydroxylation sites is 1. The molecule has 0 fully saturated rings. The number of thioether (sulfide) groups is 1. The van der Waals surface area contributed by atoms with Crippen molar-refractivity contribution in [1.29, 1.82) is 0 Å². The van der Waals surface area contributed by atoms with E-state index < -0.39 is 11.3 Å². The Morgan fingerprint density at radius 1 is 1.11 bits per heavy atom. The Bertz CT molecular complexity index is 1370. The molecule has 2 atom stereocenters. The van der Waals surface area contributed by atoms with E-state index >= 15 is 0 Å². The summed E-state index contributed by atoms with van der Waals surface area (Å²) in [5.74, 6) is 0.216.